The van der Waals surface area contributed by atoms with E-state index < -0.39 is 43.4 Å². The summed E-state index contributed by atoms with van der Waals surface area (Å²) in [6.07, 6.45) is -9.56. The van der Waals surface area contributed by atoms with Gasteiger partial charge in [-0.05, 0) is 0 Å². The van der Waals surface area contributed by atoms with Gasteiger partial charge in [0.05, 0.1) is 12.7 Å². The minimum atomic E-state index is -1.85. The summed E-state index contributed by atoms with van der Waals surface area (Å²) in [6.45, 7) is -0.729. The molecule has 7 heteroatoms. The Morgan fingerprint density at radius 2 is 1.79 bits per heavy atom. The maximum atomic E-state index is 10.8. The van der Waals surface area contributed by atoms with Gasteiger partial charge in [0.1, 0.15) is 24.4 Å². The fraction of sp³-hybridized carbons (Fsp3) is 1.00. The molecule has 0 radical (unpaired) electrons. The normalized spacial score (nSPS) is 42.4. The highest BCUT2D eigenvalue weighted by Gasteiger charge is 2.43. The molecule has 0 saturated carbocycles. The van der Waals surface area contributed by atoms with E-state index in [1.807, 2.05) is 0 Å². The van der Waals surface area contributed by atoms with Crippen LogP contribution in [-0.4, -0.2) is 68.9 Å². The average Bonchev–Trinajstić information content (AvgIpc) is 2.43. The van der Waals surface area contributed by atoms with Crippen LogP contribution in [0.5, 0.6) is 0 Å². The first-order valence-corrected chi connectivity index (χ1v) is 4.13. The van der Waals surface area contributed by atoms with Crippen molar-refractivity contribution in [3.63, 3.8) is 0 Å². The van der Waals surface area contributed by atoms with Crippen molar-refractivity contribution in [2.75, 3.05) is 6.61 Å². The molecule has 1 heterocycles. The number of ether oxygens (including phenoxy) is 1. The third-order valence-electron chi connectivity index (χ3n) is 2.17. The van der Waals surface area contributed by atoms with Gasteiger partial charge in [0, 0.05) is 6.29 Å². The van der Waals surface area contributed by atoms with E-state index in [2.05, 4.69) is 4.74 Å². The van der Waals surface area contributed by atoms with Gasteiger partial charge in [-0.25, -0.2) is 0 Å². The van der Waals surface area contributed by atoms with Crippen LogP contribution < -0.4 is 5.11 Å². The standard InChI is InChI=1S/C7H13O7/c8-1-2(9)3(10)6-4(11)5(12)7(13)14-6/h2-12H,1H2/q-1. The van der Waals surface area contributed by atoms with Crippen LogP contribution in [0.3, 0.4) is 0 Å². The summed E-state index contributed by atoms with van der Waals surface area (Å²) in [5.74, 6) is 0. The third kappa shape index (κ3) is 2.04. The van der Waals surface area contributed by atoms with E-state index in [1.165, 1.54) is 0 Å². The molecule has 1 fully saturated rings. The molecule has 5 N–H and O–H groups in total. The number of rotatable bonds is 3. The second-order valence-electron chi connectivity index (χ2n) is 3.19. The predicted molar refractivity (Wildman–Crippen MR) is 39.8 cm³/mol. The van der Waals surface area contributed by atoms with E-state index in [9.17, 15) is 15.3 Å². The van der Waals surface area contributed by atoms with Gasteiger partial charge in [-0.2, -0.15) is 0 Å². The average molecular weight is 209 g/mol. The minimum absolute atomic E-state index is 0.729. The van der Waals surface area contributed by atoms with E-state index in [4.69, 9.17) is 15.3 Å². The zero-order chi connectivity index (χ0) is 10.9. The first-order chi connectivity index (χ1) is 6.49. The lowest BCUT2D eigenvalue weighted by Crippen LogP contribution is -2.46. The van der Waals surface area contributed by atoms with Gasteiger partial charge >= 0.3 is 0 Å². The van der Waals surface area contributed by atoms with Gasteiger partial charge in [-0.15, -0.1) is 0 Å². The Balaban J connectivity index is 2.61. The second kappa shape index (κ2) is 4.49. The van der Waals surface area contributed by atoms with Crippen LogP contribution in [0.25, 0.3) is 0 Å². The van der Waals surface area contributed by atoms with Gasteiger partial charge in [0.25, 0.3) is 0 Å². The molecular formula is C7H13O7-. The van der Waals surface area contributed by atoms with Crippen LogP contribution in [0.15, 0.2) is 0 Å². The number of hydrogen-bond acceptors (Lipinski definition) is 7. The molecule has 0 bridgehead atoms. The minimum Gasteiger partial charge on any atom is -0.829 e. The molecular weight excluding hydrogens is 196 g/mol. The summed E-state index contributed by atoms with van der Waals surface area (Å²) in [5.41, 5.74) is 0. The van der Waals surface area contributed by atoms with Crippen molar-refractivity contribution in [3.8, 4) is 0 Å². The van der Waals surface area contributed by atoms with Crippen LogP contribution in [-0.2, 0) is 4.74 Å². The lowest BCUT2D eigenvalue weighted by Gasteiger charge is -2.24. The van der Waals surface area contributed by atoms with Gasteiger partial charge < -0.3 is 35.4 Å². The highest BCUT2D eigenvalue weighted by Crippen LogP contribution is 2.22. The Bertz CT molecular complexity index is 187. The quantitative estimate of drug-likeness (QED) is 0.316. The summed E-state index contributed by atoms with van der Waals surface area (Å²) >= 11 is 0. The zero-order valence-corrected chi connectivity index (χ0v) is 7.22. The lowest BCUT2D eigenvalue weighted by atomic mass is 10.0. The molecule has 1 aliphatic heterocycles. The maximum absolute atomic E-state index is 10.8. The molecule has 0 aromatic rings. The Labute approximate surface area is 79.8 Å². The molecule has 6 unspecified atom stereocenters. The predicted octanol–water partition coefficient (Wildman–Crippen LogP) is -4.49. The van der Waals surface area contributed by atoms with Crippen LogP contribution in [0, 0.1) is 0 Å². The molecule has 7 nitrogen and oxygen atoms in total. The van der Waals surface area contributed by atoms with Crippen molar-refractivity contribution in [2.24, 2.45) is 0 Å². The Morgan fingerprint density at radius 1 is 1.21 bits per heavy atom. The Morgan fingerprint density at radius 3 is 2.14 bits per heavy atom. The topological polar surface area (TPSA) is 133 Å². The molecule has 0 spiro atoms. The van der Waals surface area contributed by atoms with E-state index >= 15 is 0 Å². The van der Waals surface area contributed by atoms with Gasteiger partial charge in [-0.1, -0.05) is 0 Å². The smallest absolute Gasteiger partial charge is 0.113 e. The Hall–Kier alpha value is -0.280. The summed E-state index contributed by atoms with van der Waals surface area (Å²) < 4.78 is 4.49. The van der Waals surface area contributed by atoms with Crippen molar-refractivity contribution in [1.29, 1.82) is 0 Å². The first-order valence-electron chi connectivity index (χ1n) is 4.13. The highest BCUT2D eigenvalue weighted by atomic mass is 16.6. The van der Waals surface area contributed by atoms with Crippen LogP contribution in [0.2, 0.25) is 0 Å². The van der Waals surface area contributed by atoms with Gasteiger partial charge in [-0.3, -0.25) is 0 Å². The molecule has 6 atom stereocenters. The molecule has 0 aliphatic carbocycles. The van der Waals surface area contributed by atoms with E-state index in [1.54, 1.807) is 0 Å². The largest absolute Gasteiger partial charge is 0.829 e. The molecule has 0 amide bonds. The van der Waals surface area contributed by atoms with Crippen molar-refractivity contribution < 1.29 is 35.4 Å². The maximum Gasteiger partial charge on any atom is 0.113 e. The summed E-state index contributed by atoms with van der Waals surface area (Å²) in [5, 5.41) is 55.8. The summed E-state index contributed by atoms with van der Waals surface area (Å²) in [4.78, 5) is 0. The molecule has 1 aliphatic rings. The van der Waals surface area contributed by atoms with Crippen LogP contribution in [0.4, 0.5) is 0 Å². The van der Waals surface area contributed by atoms with Crippen molar-refractivity contribution >= 4 is 0 Å². The highest BCUT2D eigenvalue weighted by molar-refractivity contribution is 4.91. The van der Waals surface area contributed by atoms with Crippen molar-refractivity contribution in [3.05, 3.63) is 0 Å². The number of aliphatic hydroxyl groups is 5. The second-order valence-corrected chi connectivity index (χ2v) is 3.19. The van der Waals surface area contributed by atoms with Crippen molar-refractivity contribution in [2.45, 2.75) is 36.8 Å². The zero-order valence-electron chi connectivity index (χ0n) is 7.22. The Kier molecular flexibility index (Phi) is 3.78. The molecule has 1 rings (SSSR count). The monoisotopic (exact) mass is 209 g/mol. The summed E-state index contributed by atoms with van der Waals surface area (Å²) in [6, 6.07) is 0. The summed E-state index contributed by atoms with van der Waals surface area (Å²) in [7, 11) is 0. The molecule has 1 saturated heterocycles. The lowest BCUT2D eigenvalue weighted by molar-refractivity contribution is -0.499. The van der Waals surface area contributed by atoms with E-state index in [0.29, 0.717) is 0 Å². The molecule has 14 heavy (non-hydrogen) atoms. The molecule has 84 valence electrons. The fourth-order valence-electron chi connectivity index (χ4n) is 1.28. The van der Waals surface area contributed by atoms with Crippen molar-refractivity contribution in [1.82, 2.24) is 0 Å². The fourth-order valence-corrected chi connectivity index (χ4v) is 1.28. The number of aliphatic hydroxyl groups excluding tert-OH is 5. The van der Waals surface area contributed by atoms with E-state index in [-0.39, 0.29) is 0 Å². The SMILES string of the molecule is [O-]C1OC(C(O)C(O)CO)C(O)C1O. The molecule has 0 aromatic carbocycles. The van der Waals surface area contributed by atoms with Crippen LogP contribution in [0.1, 0.15) is 0 Å². The van der Waals surface area contributed by atoms with Gasteiger partial charge in [0.2, 0.25) is 0 Å². The number of hydrogen-bond donors (Lipinski definition) is 5. The molecule has 0 aromatic heterocycles. The van der Waals surface area contributed by atoms with Crippen LogP contribution >= 0.6 is 0 Å². The van der Waals surface area contributed by atoms with E-state index in [0.717, 1.165) is 0 Å². The third-order valence-corrected chi connectivity index (χ3v) is 2.17. The van der Waals surface area contributed by atoms with Gasteiger partial charge in [0.15, 0.2) is 0 Å². The first kappa shape index (κ1) is 11.8.